The third-order valence-electron chi connectivity index (χ3n) is 4.25. The standard InChI is InChI=1S/C18H22BrN5O2/c1-5-23-10-14(8-20-23)9-22(4)18(25)16-7-6-15(26-16)11-24-13(3)17(19)12(2)21-24/h6-8,10H,5,9,11H2,1-4H3. The molecule has 3 aromatic heterocycles. The number of rotatable bonds is 6. The third-order valence-corrected chi connectivity index (χ3v) is 5.40. The molecule has 0 spiro atoms. The van der Waals surface area contributed by atoms with Gasteiger partial charge < -0.3 is 9.32 Å². The summed E-state index contributed by atoms with van der Waals surface area (Å²) in [6, 6.07) is 3.53. The maximum absolute atomic E-state index is 12.6. The second-order valence-electron chi connectivity index (χ2n) is 6.27. The molecule has 0 aromatic carbocycles. The van der Waals surface area contributed by atoms with Crippen molar-refractivity contribution in [1.29, 1.82) is 0 Å². The number of hydrogen-bond acceptors (Lipinski definition) is 4. The van der Waals surface area contributed by atoms with Crippen LogP contribution in [0.3, 0.4) is 0 Å². The van der Waals surface area contributed by atoms with Crippen molar-refractivity contribution in [2.24, 2.45) is 0 Å². The molecule has 0 N–H and O–H groups in total. The van der Waals surface area contributed by atoms with Gasteiger partial charge >= 0.3 is 0 Å². The Bertz CT molecular complexity index is 924. The average molecular weight is 420 g/mol. The summed E-state index contributed by atoms with van der Waals surface area (Å²) in [6.45, 7) is 7.74. The van der Waals surface area contributed by atoms with E-state index in [9.17, 15) is 4.79 Å². The first kappa shape index (κ1) is 18.4. The molecule has 0 aliphatic rings. The smallest absolute Gasteiger partial charge is 0.289 e. The number of amides is 1. The Kier molecular flexibility index (Phi) is 5.31. The third kappa shape index (κ3) is 3.75. The summed E-state index contributed by atoms with van der Waals surface area (Å²) in [4.78, 5) is 14.2. The van der Waals surface area contributed by atoms with E-state index in [1.807, 2.05) is 42.4 Å². The second kappa shape index (κ2) is 7.49. The Labute approximate surface area is 160 Å². The molecule has 0 atom stereocenters. The monoisotopic (exact) mass is 419 g/mol. The first-order chi connectivity index (χ1) is 12.4. The van der Waals surface area contributed by atoms with E-state index in [1.165, 1.54) is 0 Å². The van der Waals surface area contributed by atoms with Gasteiger partial charge in [0.1, 0.15) is 5.76 Å². The molecule has 7 nitrogen and oxygen atoms in total. The van der Waals surface area contributed by atoms with Crippen LogP contribution in [0.1, 0.15) is 40.2 Å². The van der Waals surface area contributed by atoms with E-state index in [4.69, 9.17) is 4.42 Å². The molecule has 8 heteroatoms. The van der Waals surface area contributed by atoms with Crippen molar-refractivity contribution >= 4 is 21.8 Å². The highest BCUT2D eigenvalue weighted by Crippen LogP contribution is 2.21. The number of aromatic nitrogens is 4. The molecule has 0 fully saturated rings. The van der Waals surface area contributed by atoms with Crippen LogP contribution in [0, 0.1) is 13.8 Å². The highest BCUT2D eigenvalue weighted by Gasteiger charge is 2.18. The van der Waals surface area contributed by atoms with Gasteiger partial charge in [-0.3, -0.25) is 14.2 Å². The average Bonchev–Trinajstić information content (AvgIpc) is 3.32. The van der Waals surface area contributed by atoms with Gasteiger partial charge in [0.05, 0.1) is 28.6 Å². The lowest BCUT2D eigenvalue weighted by atomic mass is 10.3. The lowest BCUT2D eigenvalue weighted by molar-refractivity contribution is 0.0751. The molecule has 1 amide bonds. The molecular weight excluding hydrogens is 398 g/mol. The van der Waals surface area contributed by atoms with Gasteiger partial charge in [-0.05, 0) is 48.8 Å². The molecule has 0 aliphatic heterocycles. The van der Waals surface area contributed by atoms with Gasteiger partial charge in [-0.2, -0.15) is 10.2 Å². The zero-order chi connectivity index (χ0) is 18.8. The van der Waals surface area contributed by atoms with Gasteiger partial charge in [-0.1, -0.05) is 0 Å². The van der Waals surface area contributed by atoms with Crippen molar-refractivity contribution in [3.63, 3.8) is 0 Å². The lowest BCUT2D eigenvalue weighted by Crippen LogP contribution is -2.25. The summed E-state index contributed by atoms with van der Waals surface area (Å²) in [7, 11) is 1.76. The van der Waals surface area contributed by atoms with Crippen LogP contribution in [0.2, 0.25) is 0 Å². The summed E-state index contributed by atoms with van der Waals surface area (Å²) in [5.74, 6) is 0.861. The molecule has 138 valence electrons. The van der Waals surface area contributed by atoms with E-state index in [-0.39, 0.29) is 5.91 Å². The van der Waals surface area contributed by atoms with Gasteiger partial charge in [0.2, 0.25) is 0 Å². The Morgan fingerprint density at radius 3 is 2.73 bits per heavy atom. The molecule has 0 bridgehead atoms. The molecule has 3 aromatic rings. The molecular formula is C18H22BrN5O2. The van der Waals surface area contributed by atoms with Gasteiger partial charge in [0.25, 0.3) is 5.91 Å². The lowest BCUT2D eigenvalue weighted by Gasteiger charge is -2.14. The Morgan fingerprint density at radius 2 is 2.12 bits per heavy atom. The number of hydrogen-bond donors (Lipinski definition) is 0. The second-order valence-corrected chi connectivity index (χ2v) is 7.07. The molecule has 3 heterocycles. The van der Waals surface area contributed by atoms with Gasteiger partial charge in [0, 0.05) is 31.9 Å². The highest BCUT2D eigenvalue weighted by molar-refractivity contribution is 9.10. The van der Waals surface area contributed by atoms with Crippen LogP contribution >= 0.6 is 15.9 Å². The van der Waals surface area contributed by atoms with Crippen molar-refractivity contribution in [3.8, 4) is 0 Å². The first-order valence-corrected chi connectivity index (χ1v) is 9.23. The van der Waals surface area contributed by atoms with Gasteiger partial charge in [-0.25, -0.2) is 0 Å². The predicted octanol–water partition coefficient (Wildman–Crippen LogP) is 3.39. The van der Waals surface area contributed by atoms with Crippen molar-refractivity contribution in [2.75, 3.05) is 7.05 Å². The predicted molar refractivity (Wildman–Crippen MR) is 101 cm³/mol. The molecule has 0 saturated heterocycles. The largest absolute Gasteiger partial charge is 0.454 e. The fourth-order valence-electron chi connectivity index (χ4n) is 2.75. The minimum absolute atomic E-state index is 0.157. The molecule has 3 rings (SSSR count). The summed E-state index contributed by atoms with van der Waals surface area (Å²) in [5, 5.41) is 8.70. The quantitative estimate of drug-likeness (QED) is 0.613. The van der Waals surface area contributed by atoms with E-state index < -0.39 is 0 Å². The van der Waals surface area contributed by atoms with Crippen LogP contribution in [0.5, 0.6) is 0 Å². The van der Waals surface area contributed by atoms with Crippen LogP contribution in [0.25, 0.3) is 0 Å². The SMILES string of the molecule is CCn1cc(CN(C)C(=O)c2ccc(Cn3nc(C)c(Br)c3C)o2)cn1. The molecule has 0 aliphatic carbocycles. The Hall–Kier alpha value is -2.35. The number of furan rings is 1. The van der Waals surface area contributed by atoms with E-state index in [2.05, 4.69) is 26.1 Å². The van der Waals surface area contributed by atoms with Crippen LogP contribution < -0.4 is 0 Å². The van der Waals surface area contributed by atoms with E-state index >= 15 is 0 Å². The maximum atomic E-state index is 12.6. The Morgan fingerprint density at radius 1 is 1.35 bits per heavy atom. The van der Waals surface area contributed by atoms with Crippen LogP contribution in [-0.4, -0.2) is 37.4 Å². The minimum Gasteiger partial charge on any atom is -0.454 e. The normalized spacial score (nSPS) is 11.1. The highest BCUT2D eigenvalue weighted by atomic mass is 79.9. The van der Waals surface area contributed by atoms with Gasteiger partial charge in [-0.15, -0.1) is 0 Å². The minimum atomic E-state index is -0.157. The topological polar surface area (TPSA) is 69.1 Å². The van der Waals surface area contributed by atoms with Crippen molar-refractivity contribution in [1.82, 2.24) is 24.5 Å². The molecule has 0 unspecified atom stereocenters. The number of aryl methyl sites for hydroxylation is 2. The fraction of sp³-hybridized carbons (Fsp3) is 0.389. The number of carbonyl (C=O) groups excluding carboxylic acids is 1. The molecule has 0 radical (unpaired) electrons. The van der Waals surface area contributed by atoms with Crippen LogP contribution in [-0.2, 0) is 19.6 Å². The van der Waals surface area contributed by atoms with E-state index in [0.717, 1.165) is 28.0 Å². The zero-order valence-electron chi connectivity index (χ0n) is 15.4. The van der Waals surface area contributed by atoms with Crippen molar-refractivity contribution < 1.29 is 9.21 Å². The van der Waals surface area contributed by atoms with E-state index in [0.29, 0.717) is 24.6 Å². The van der Waals surface area contributed by atoms with E-state index in [1.54, 1.807) is 24.2 Å². The maximum Gasteiger partial charge on any atom is 0.289 e. The Balaban J connectivity index is 1.68. The fourth-order valence-corrected chi connectivity index (χ4v) is 3.03. The molecule has 0 saturated carbocycles. The summed E-state index contributed by atoms with van der Waals surface area (Å²) >= 11 is 3.52. The summed E-state index contributed by atoms with van der Waals surface area (Å²) < 4.78 is 10.4. The number of halogens is 1. The first-order valence-electron chi connectivity index (χ1n) is 8.44. The number of nitrogens with zero attached hydrogens (tertiary/aromatic N) is 5. The number of carbonyl (C=O) groups is 1. The van der Waals surface area contributed by atoms with Crippen molar-refractivity contribution in [2.45, 2.75) is 40.4 Å². The molecule has 26 heavy (non-hydrogen) atoms. The summed E-state index contributed by atoms with van der Waals surface area (Å²) in [5.41, 5.74) is 2.94. The van der Waals surface area contributed by atoms with Crippen LogP contribution in [0.4, 0.5) is 0 Å². The van der Waals surface area contributed by atoms with Crippen molar-refractivity contribution in [3.05, 3.63) is 57.5 Å². The van der Waals surface area contributed by atoms with Crippen LogP contribution in [0.15, 0.2) is 33.4 Å². The summed E-state index contributed by atoms with van der Waals surface area (Å²) in [6.07, 6.45) is 3.72. The van der Waals surface area contributed by atoms with Gasteiger partial charge in [0.15, 0.2) is 5.76 Å². The zero-order valence-corrected chi connectivity index (χ0v) is 16.9.